The Hall–Kier alpha value is -2.19. The quantitative estimate of drug-likeness (QED) is 0.158. The predicted molar refractivity (Wildman–Crippen MR) is 182 cm³/mol. The minimum absolute atomic E-state index is 0.0331. The van der Waals surface area contributed by atoms with Gasteiger partial charge in [0.15, 0.2) is 0 Å². The molecule has 11 heteroatoms. The Balaban J connectivity index is 2.16. The van der Waals surface area contributed by atoms with Crippen LogP contribution in [0, 0.1) is 17.8 Å². The van der Waals surface area contributed by atoms with E-state index in [1.807, 2.05) is 20.8 Å². The molecule has 2 aliphatic rings. The van der Waals surface area contributed by atoms with E-state index in [0.29, 0.717) is 6.42 Å². The zero-order chi connectivity index (χ0) is 35.8. The van der Waals surface area contributed by atoms with Crippen molar-refractivity contribution in [3.05, 3.63) is 60.8 Å². The largest absolute Gasteiger partial charge is 0.458 e. The topological polar surface area (TPSA) is 197 Å². The summed E-state index contributed by atoms with van der Waals surface area (Å²) in [4.78, 5) is 12.6. The smallest absolute Gasteiger partial charge is 0.331 e. The van der Waals surface area contributed by atoms with Crippen molar-refractivity contribution in [2.24, 2.45) is 17.8 Å². The third-order valence-corrected chi connectivity index (χ3v) is 9.28. The molecule has 0 radical (unpaired) electrons. The standard InChI is InChI=1S/C37H60O11/c1-5-23(2)37-24(3)14-15-26(38)16-27(39)17-28(40)18-29(41)19-30(42)20-31(43)21-32(44)25(4)35-22-33(45)34(47-35)12-10-8-6-7-9-11-13-36(46)48-37/h6-15,23-35,37-45H,5,16-22H2,1-4H3/t23?,24-,25+,26-,27-,28+,29-,30+,31+,32+,33+,34+,35-,37-/m0/s1. The molecule has 2 bridgehead atoms. The molecule has 48 heavy (non-hydrogen) atoms. The molecule has 2 heterocycles. The highest BCUT2D eigenvalue weighted by Crippen LogP contribution is 2.30. The average molecular weight is 681 g/mol. The molecule has 1 fully saturated rings. The number of esters is 1. The van der Waals surface area contributed by atoms with Crippen molar-refractivity contribution < 1.29 is 55.1 Å². The summed E-state index contributed by atoms with van der Waals surface area (Å²) in [5, 5.41) is 84.0. The molecule has 0 aromatic heterocycles. The van der Waals surface area contributed by atoms with Gasteiger partial charge in [-0.3, -0.25) is 0 Å². The van der Waals surface area contributed by atoms with Gasteiger partial charge in [-0.05, 0) is 38.0 Å². The molecule has 1 saturated heterocycles. The molecule has 2 aliphatic heterocycles. The van der Waals surface area contributed by atoms with Gasteiger partial charge < -0.3 is 50.3 Å². The molecule has 1 unspecified atom stereocenters. The van der Waals surface area contributed by atoms with Crippen molar-refractivity contribution in [3.63, 3.8) is 0 Å². The van der Waals surface area contributed by atoms with Crippen molar-refractivity contribution in [2.45, 2.75) is 146 Å². The lowest BCUT2D eigenvalue weighted by Gasteiger charge is -2.27. The summed E-state index contributed by atoms with van der Waals surface area (Å²) in [6, 6.07) is 0. The molecule has 0 spiro atoms. The highest BCUT2D eigenvalue weighted by atomic mass is 16.5. The third-order valence-electron chi connectivity index (χ3n) is 9.28. The van der Waals surface area contributed by atoms with E-state index < -0.39 is 79.0 Å². The average Bonchev–Trinajstić information content (AvgIpc) is 3.37. The zero-order valence-electron chi connectivity index (χ0n) is 28.8. The fourth-order valence-electron chi connectivity index (χ4n) is 6.19. The number of carbonyl (C=O) groups excluding carboxylic acids is 1. The number of allylic oxidation sites excluding steroid dienone is 6. The van der Waals surface area contributed by atoms with Crippen LogP contribution in [-0.2, 0) is 14.3 Å². The van der Waals surface area contributed by atoms with E-state index >= 15 is 0 Å². The summed E-state index contributed by atoms with van der Waals surface area (Å²) in [5.74, 6) is -1.09. The maximum absolute atomic E-state index is 12.6. The fraction of sp³-hybridized carbons (Fsp3) is 0.703. The summed E-state index contributed by atoms with van der Waals surface area (Å²) in [5.41, 5.74) is 0. The van der Waals surface area contributed by atoms with Crippen molar-refractivity contribution >= 4 is 5.97 Å². The van der Waals surface area contributed by atoms with Gasteiger partial charge in [0.25, 0.3) is 0 Å². The summed E-state index contributed by atoms with van der Waals surface area (Å²) >= 11 is 0. The minimum atomic E-state index is -1.10. The first kappa shape index (κ1) is 42.0. The number of fused-ring (bicyclic) bond motifs is 2. The molecule has 14 atom stereocenters. The molecule has 274 valence electrons. The van der Waals surface area contributed by atoms with Crippen molar-refractivity contribution in [3.8, 4) is 0 Å². The summed E-state index contributed by atoms with van der Waals surface area (Å²) < 4.78 is 11.7. The molecule has 0 aromatic rings. The van der Waals surface area contributed by atoms with Crippen LogP contribution in [-0.4, -0.2) is 114 Å². The molecule has 0 amide bonds. The Morgan fingerprint density at radius 2 is 1.19 bits per heavy atom. The van der Waals surface area contributed by atoms with Crippen LogP contribution >= 0.6 is 0 Å². The van der Waals surface area contributed by atoms with E-state index in [9.17, 15) is 45.6 Å². The van der Waals surface area contributed by atoms with E-state index in [1.54, 1.807) is 55.5 Å². The second kappa shape index (κ2) is 21.8. The number of aliphatic hydroxyl groups excluding tert-OH is 8. The van der Waals surface area contributed by atoms with Gasteiger partial charge in [-0.25, -0.2) is 4.79 Å². The second-order valence-corrected chi connectivity index (χ2v) is 13.7. The van der Waals surface area contributed by atoms with E-state index in [4.69, 9.17) is 9.47 Å². The Kier molecular flexibility index (Phi) is 19.1. The van der Waals surface area contributed by atoms with Crippen LogP contribution in [0.1, 0.15) is 79.1 Å². The van der Waals surface area contributed by atoms with Crippen molar-refractivity contribution in [2.75, 3.05) is 0 Å². The van der Waals surface area contributed by atoms with Gasteiger partial charge in [-0.15, -0.1) is 0 Å². The van der Waals surface area contributed by atoms with Gasteiger partial charge in [0.1, 0.15) is 12.2 Å². The third kappa shape index (κ3) is 15.6. The van der Waals surface area contributed by atoms with Crippen LogP contribution < -0.4 is 0 Å². The van der Waals surface area contributed by atoms with Crippen LogP contribution in [0.5, 0.6) is 0 Å². The first-order valence-electron chi connectivity index (χ1n) is 17.4. The van der Waals surface area contributed by atoms with Gasteiger partial charge >= 0.3 is 5.97 Å². The molecular formula is C37H60O11. The number of cyclic esters (lactones) is 1. The summed E-state index contributed by atoms with van der Waals surface area (Å²) in [7, 11) is 0. The Bertz CT molecular complexity index is 1070. The molecule has 8 N–H and O–H groups in total. The monoisotopic (exact) mass is 680 g/mol. The molecule has 0 aromatic carbocycles. The SMILES string of the molecule is CCC(C)[C@@H]1OC(=O)C=CC=CC=CC=C[C@H]2O[C@@H](C[C@H]2O)[C@H](C)[C@H](O)C[C@H](O)C[C@H](O)C[C@@H](O)C[C@H](O)C[C@@H](O)C[C@@H](O)C=C[C@@H]1C. The first-order chi connectivity index (χ1) is 22.7. The van der Waals surface area contributed by atoms with Gasteiger partial charge in [-0.1, -0.05) is 88.8 Å². The van der Waals surface area contributed by atoms with Crippen LogP contribution in [0.25, 0.3) is 0 Å². The van der Waals surface area contributed by atoms with Crippen LogP contribution in [0.15, 0.2) is 60.8 Å². The molecule has 11 nitrogen and oxygen atoms in total. The van der Waals surface area contributed by atoms with E-state index in [0.717, 1.165) is 6.42 Å². The van der Waals surface area contributed by atoms with Crippen LogP contribution in [0.3, 0.4) is 0 Å². The maximum atomic E-state index is 12.6. The fourth-order valence-corrected chi connectivity index (χ4v) is 6.19. The minimum Gasteiger partial charge on any atom is -0.458 e. The summed E-state index contributed by atoms with van der Waals surface area (Å²) in [6.07, 6.45) is 7.53. The van der Waals surface area contributed by atoms with Gasteiger partial charge in [-0.2, -0.15) is 0 Å². The maximum Gasteiger partial charge on any atom is 0.331 e. The van der Waals surface area contributed by atoms with Gasteiger partial charge in [0.2, 0.25) is 0 Å². The second-order valence-electron chi connectivity index (χ2n) is 13.7. The van der Waals surface area contributed by atoms with Crippen molar-refractivity contribution in [1.82, 2.24) is 0 Å². The number of hydrogen-bond donors (Lipinski definition) is 8. The van der Waals surface area contributed by atoms with Gasteiger partial charge in [0, 0.05) is 30.8 Å². The number of hydrogen-bond acceptors (Lipinski definition) is 11. The summed E-state index contributed by atoms with van der Waals surface area (Å²) in [6.45, 7) is 7.63. The Labute approximate surface area is 285 Å². The molecule has 2 rings (SSSR count). The molecular weight excluding hydrogens is 620 g/mol. The van der Waals surface area contributed by atoms with Crippen molar-refractivity contribution in [1.29, 1.82) is 0 Å². The highest BCUT2D eigenvalue weighted by Gasteiger charge is 2.38. The lowest BCUT2D eigenvalue weighted by Crippen LogP contribution is -2.34. The Morgan fingerprint density at radius 1 is 0.667 bits per heavy atom. The lowest BCUT2D eigenvalue weighted by atomic mass is 9.90. The van der Waals surface area contributed by atoms with E-state index in [1.165, 1.54) is 12.2 Å². The highest BCUT2D eigenvalue weighted by molar-refractivity contribution is 5.82. The van der Waals surface area contributed by atoms with E-state index in [-0.39, 0.29) is 50.4 Å². The van der Waals surface area contributed by atoms with E-state index in [2.05, 4.69) is 0 Å². The van der Waals surface area contributed by atoms with Crippen LogP contribution in [0.4, 0.5) is 0 Å². The predicted octanol–water partition coefficient (Wildman–Crippen LogP) is 2.40. The molecule has 0 saturated carbocycles. The lowest BCUT2D eigenvalue weighted by molar-refractivity contribution is -0.147. The first-order valence-corrected chi connectivity index (χ1v) is 17.4. The number of carbonyl (C=O) groups is 1. The van der Waals surface area contributed by atoms with Gasteiger partial charge in [0.05, 0.1) is 54.9 Å². The number of aliphatic hydroxyl groups is 8. The molecule has 0 aliphatic carbocycles. The Morgan fingerprint density at radius 3 is 1.77 bits per heavy atom. The normalized spacial score (nSPS) is 39.8. The van der Waals surface area contributed by atoms with Crippen LogP contribution in [0.2, 0.25) is 0 Å². The number of rotatable bonds is 2. The number of ether oxygens (including phenoxy) is 2. The zero-order valence-corrected chi connectivity index (χ0v) is 28.8.